The number of carbonyl (C=O) groups excluding carboxylic acids is 2. The Kier molecular flexibility index (Phi) is 6.81. The van der Waals surface area contributed by atoms with Crippen LogP contribution in [0.2, 0.25) is 0 Å². The topological polar surface area (TPSA) is 79.9 Å². The number of amides is 3. The summed E-state index contributed by atoms with van der Waals surface area (Å²) in [5, 5.41) is 4.87. The van der Waals surface area contributed by atoms with E-state index < -0.39 is 42.1 Å². The van der Waals surface area contributed by atoms with Crippen molar-refractivity contribution in [3.05, 3.63) is 24.3 Å². The first kappa shape index (κ1) is 22.6. The molecule has 0 bridgehead atoms. The van der Waals surface area contributed by atoms with Crippen LogP contribution in [0.25, 0.3) is 0 Å². The Bertz CT molecular complexity index is 719. The minimum Gasteiger partial charge on any atom is -0.444 e. The lowest BCUT2D eigenvalue weighted by Crippen LogP contribution is -2.55. The van der Waals surface area contributed by atoms with Gasteiger partial charge < -0.3 is 25.0 Å². The van der Waals surface area contributed by atoms with E-state index in [1.807, 2.05) is 0 Å². The molecule has 2 atom stereocenters. The molecule has 2 rings (SSSR count). The van der Waals surface area contributed by atoms with E-state index in [0.29, 0.717) is 0 Å². The zero-order valence-electron chi connectivity index (χ0n) is 16.2. The molecular formula is C18H23F4N3O4. The van der Waals surface area contributed by atoms with Gasteiger partial charge >= 0.3 is 18.5 Å². The molecule has 1 saturated heterocycles. The molecule has 1 aromatic rings. The summed E-state index contributed by atoms with van der Waals surface area (Å²) in [5.74, 6) is -0.429. The summed E-state index contributed by atoms with van der Waals surface area (Å²) in [6.07, 6.45) is -6.74. The Balaban J connectivity index is 1.83. The van der Waals surface area contributed by atoms with Gasteiger partial charge in [0.25, 0.3) is 0 Å². The highest BCUT2D eigenvalue weighted by atomic mass is 19.4. The number of benzene rings is 1. The molecular weight excluding hydrogens is 398 g/mol. The summed E-state index contributed by atoms with van der Waals surface area (Å²) >= 11 is 0. The van der Waals surface area contributed by atoms with Crippen LogP contribution in [0.15, 0.2) is 24.3 Å². The standard InChI is InChI=1S/C18H23F4N3O4/c1-17(2,3)29-16(27)25-9-8-14(13(19)10-25)24-15(26)23-11-4-6-12(7-5-11)28-18(20,21)22/h4-7,13-14H,8-10H2,1-3H3,(H2,23,24,26)/t13-,14+/m0/s1. The molecule has 0 aliphatic carbocycles. The van der Waals surface area contributed by atoms with Crippen molar-refractivity contribution in [1.82, 2.24) is 10.2 Å². The van der Waals surface area contributed by atoms with Crippen LogP contribution in [0.1, 0.15) is 27.2 Å². The number of hydrogen-bond acceptors (Lipinski definition) is 4. The number of anilines is 1. The molecule has 1 aliphatic rings. The lowest BCUT2D eigenvalue weighted by molar-refractivity contribution is -0.274. The lowest BCUT2D eigenvalue weighted by Gasteiger charge is -2.35. The van der Waals surface area contributed by atoms with Gasteiger partial charge in [0.2, 0.25) is 0 Å². The second-order valence-electron chi connectivity index (χ2n) is 7.51. The van der Waals surface area contributed by atoms with Crippen LogP contribution in [-0.4, -0.2) is 54.3 Å². The lowest BCUT2D eigenvalue weighted by atomic mass is 10.0. The summed E-state index contributed by atoms with van der Waals surface area (Å²) < 4.78 is 59.7. The van der Waals surface area contributed by atoms with E-state index >= 15 is 0 Å². The SMILES string of the molecule is CC(C)(C)OC(=O)N1CC[C@@H](NC(=O)Nc2ccc(OC(F)(F)F)cc2)[C@@H](F)C1. The van der Waals surface area contributed by atoms with Gasteiger partial charge in [0.05, 0.1) is 12.6 Å². The van der Waals surface area contributed by atoms with Crippen molar-refractivity contribution in [2.45, 2.75) is 51.4 Å². The number of ether oxygens (including phenoxy) is 2. The van der Waals surface area contributed by atoms with E-state index in [9.17, 15) is 27.2 Å². The Morgan fingerprint density at radius 2 is 1.76 bits per heavy atom. The average Bonchev–Trinajstić information content (AvgIpc) is 2.55. The monoisotopic (exact) mass is 421 g/mol. The summed E-state index contributed by atoms with van der Waals surface area (Å²) in [5.41, 5.74) is -0.489. The van der Waals surface area contributed by atoms with Crippen LogP contribution in [-0.2, 0) is 4.74 Å². The van der Waals surface area contributed by atoms with Gasteiger partial charge in [0.1, 0.15) is 17.5 Å². The third kappa shape index (κ3) is 7.66. The van der Waals surface area contributed by atoms with Crippen molar-refractivity contribution in [3.8, 4) is 5.75 Å². The highest BCUT2D eigenvalue weighted by molar-refractivity contribution is 5.89. The third-order valence-corrected chi connectivity index (χ3v) is 3.86. The molecule has 11 heteroatoms. The maximum Gasteiger partial charge on any atom is 0.573 e. The Hall–Kier alpha value is -2.72. The summed E-state index contributed by atoms with van der Waals surface area (Å²) in [7, 11) is 0. The van der Waals surface area contributed by atoms with Crippen molar-refractivity contribution >= 4 is 17.8 Å². The summed E-state index contributed by atoms with van der Waals surface area (Å²) in [6, 6.07) is 2.99. The Morgan fingerprint density at radius 1 is 1.14 bits per heavy atom. The molecule has 1 aliphatic heterocycles. The van der Waals surface area contributed by atoms with Crippen LogP contribution >= 0.6 is 0 Å². The summed E-state index contributed by atoms with van der Waals surface area (Å²) in [4.78, 5) is 25.3. The Labute approximate surface area is 165 Å². The van der Waals surface area contributed by atoms with E-state index in [4.69, 9.17) is 4.74 Å². The van der Waals surface area contributed by atoms with E-state index in [1.165, 1.54) is 17.0 Å². The van der Waals surface area contributed by atoms with E-state index in [1.54, 1.807) is 20.8 Å². The molecule has 162 valence electrons. The van der Waals surface area contributed by atoms with E-state index in [2.05, 4.69) is 15.4 Å². The third-order valence-electron chi connectivity index (χ3n) is 3.86. The van der Waals surface area contributed by atoms with Gasteiger partial charge in [-0.1, -0.05) is 0 Å². The maximum atomic E-state index is 14.4. The highest BCUT2D eigenvalue weighted by Gasteiger charge is 2.34. The molecule has 1 aromatic carbocycles. The molecule has 7 nitrogen and oxygen atoms in total. The van der Waals surface area contributed by atoms with Crippen molar-refractivity contribution in [2.75, 3.05) is 18.4 Å². The first-order chi connectivity index (χ1) is 13.3. The van der Waals surface area contributed by atoms with Crippen molar-refractivity contribution in [3.63, 3.8) is 0 Å². The number of piperidine rings is 1. The fourth-order valence-electron chi connectivity index (χ4n) is 2.64. The predicted molar refractivity (Wildman–Crippen MR) is 96.4 cm³/mol. The van der Waals surface area contributed by atoms with Gasteiger partial charge in [-0.2, -0.15) is 0 Å². The minimum absolute atomic E-state index is 0.187. The quantitative estimate of drug-likeness (QED) is 0.722. The van der Waals surface area contributed by atoms with Crippen LogP contribution < -0.4 is 15.4 Å². The number of nitrogens with one attached hydrogen (secondary N) is 2. The second-order valence-corrected chi connectivity index (χ2v) is 7.51. The smallest absolute Gasteiger partial charge is 0.444 e. The molecule has 0 spiro atoms. The normalized spacial score (nSPS) is 20.0. The number of likely N-dealkylation sites (tertiary alicyclic amines) is 1. The van der Waals surface area contributed by atoms with Crippen molar-refractivity contribution < 1.29 is 36.6 Å². The second kappa shape index (κ2) is 8.75. The largest absolute Gasteiger partial charge is 0.573 e. The van der Waals surface area contributed by atoms with Gasteiger partial charge in [0.15, 0.2) is 0 Å². The molecule has 0 unspecified atom stereocenters. The molecule has 2 N–H and O–H groups in total. The van der Waals surface area contributed by atoms with Crippen LogP contribution in [0.5, 0.6) is 5.75 Å². The highest BCUT2D eigenvalue weighted by Crippen LogP contribution is 2.24. The van der Waals surface area contributed by atoms with Gasteiger partial charge in [-0.05, 0) is 51.5 Å². The van der Waals surface area contributed by atoms with E-state index in [-0.39, 0.29) is 25.2 Å². The van der Waals surface area contributed by atoms with Gasteiger partial charge in [-0.15, -0.1) is 13.2 Å². The first-order valence-corrected chi connectivity index (χ1v) is 8.88. The number of rotatable bonds is 3. The molecule has 0 radical (unpaired) electrons. The number of alkyl halides is 4. The zero-order chi connectivity index (χ0) is 21.8. The van der Waals surface area contributed by atoms with Gasteiger partial charge in [0, 0.05) is 12.2 Å². The van der Waals surface area contributed by atoms with Crippen molar-refractivity contribution in [1.29, 1.82) is 0 Å². The van der Waals surface area contributed by atoms with Crippen LogP contribution in [0.3, 0.4) is 0 Å². The number of urea groups is 1. The summed E-state index contributed by atoms with van der Waals surface area (Å²) in [6.45, 7) is 5.11. The first-order valence-electron chi connectivity index (χ1n) is 8.88. The molecule has 3 amide bonds. The van der Waals surface area contributed by atoms with Gasteiger partial charge in [-0.3, -0.25) is 0 Å². The number of carbonyl (C=O) groups is 2. The van der Waals surface area contributed by atoms with Crippen molar-refractivity contribution in [2.24, 2.45) is 0 Å². The predicted octanol–water partition coefficient (Wildman–Crippen LogP) is 4.05. The fraction of sp³-hybridized carbons (Fsp3) is 0.556. The molecule has 1 fully saturated rings. The van der Waals surface area contributed by atoms with Crippen LogP contribution in [0, 0.1) is 0 Å². The van der Waals surface area contributed by atoms with Gasteiger partial charge in [-0.25, -0.2) is 14.0 Å². The minimum atomic E-state index is -4.81. The Morgan fingerprint density at radius 3 is 2.28 bits per heavy atom. The zero-order valence-corrected chi connectivity index (χ0v) is 16.2. The van der Waals surface area contributed by atoms with Crippen LogP contribution in [0.4, 0.5) is 32.8 Å². The number of halogens is 4. The molecule has 0 saturated carbocycles. The average molecular weight is 421 g/mol. The molecule has 1 heterocycles. The van der Waals surface area contributed by atoms with E-state index in [0.717, 1.165) is 12.1 Å². The maximum absolute atomic E-state index is 14.4. The number of nitrogens with zero attached hydrogens (tertiary/aromatic N) is 1. The number of hydrogen-bond donors (Lipinski definition) is 2. The fourth-order valence-corrected chi connectivity index (χ4v) is 2.64. The molecule has 29 heavy (non-hydrogen) atoms. The molecule has 0 aromatic heterocycles.